The Morgan fingerprint density at radius 2 is 1.70 bits per heavy atom. The number of carbonyl (C=O) groups excluding carboxylic acids is 2. The van der Waals surface area contributed by atoms with Crippen molar-refractivity contribution in [3.05, 3.63) is 48.5 Å². The SMILES string of the molecule is O=C(NCCOc1ccccc1)C1CCN(c2cccc3nc(NC(=O)C4CC4)nn23)CC1. The number of para-hydroxylation sites is 1. The molecule has 2 amide bonds. The molecule has 2 aromatic heterocycles. The van der Waals surface area contributed by atoms with E-state index in [1.54, 1.807) is 4.52 Å². The molecule has 1 aliphatic carbocycles. The van der Waals surface area contributed by atoms with Gasteiger partial charge in [-0.05, 0) is 49.9 Å². The van der Waals surface area contributed by atoms with Crippen LogP contribution in [0.5, 0.6) is 5.75 Å². The number of benzene rings is 1. The van der Waals surface area contributed by atoms with Gasteiger partial charge in [0.05, 0.1) is 6.54 Å². The lowest BCUT2D eigenvalue weighted by atomic mass is 9.96. The first-order chi connectivity index (χ1) is 16.2. The summed E-state index contributed by atoms with van der Waals surface area (Å²) >= 11 is 0. The Hall–Kier alpha value is -3.62. The maximum atomic E-state index is 12.6. The van der Waals surface area contributed by atoms with Crippen LogP contribution >= 0.6 is 0 Å². The lowest BCUT2D eigenvalue weighted by Gasteiger charge is -2.32. The van der Waals surface area contributed by atoms with Crippen molar-refractivity contribution in [3.8, 4) is 5.75 Å². The fraction of sp³-hybridized carbons (Fsp3) is 0.417. The number of fused-ring (bicyclic) bond motifs is 1. The predicted octanol–water partition coefficient (Wildman–Crippen LogP) is 2.49. The van der Waals surface area contributed by atoms with Crippen molar-refractivity contribution in [2.45, 2.75) is 25.7 Å². The Morgan fingerprint density at radius 3 is 2.45 bits per heavy atom. The van der Waals surface area contributed by atoms with Crippen molar-refractivity contribution < 1.29 is 14.3 Å². The summed E-state index contributed by atoms with van der Waals surface area (Å²) in [4.78, 5) is 31.3. The van der Waals surface area contributed by atoms with Crippen LogP contribution in [0.1, 0.15) is 25.7 Å². The summed E-state index contributed by atoms with van der Waals surface area (Å²) in [5.41, 5.74) is 0.692. The first-order valence-electron chi connectivity index (χ1n) is 11.5. The minimum atomic E-state index is -0.0127. The first kappa shape index (κ1) is 21.2. The molecule has 5 rings (SSSR count). The fourth-order valence-electron chi connectivity index (χ4n) is 4.12. The highest BCUT2D eigenvalue weighted by molar-refractivity contribution is 5.92. The molecule has 33 heavy (non-hydrogen) atoms. The summed E-state index contributed by atoms with van der Waals surface area (Å²) < 4.78 is 7.40. The van der Waals surface area contributed by atoms with Gasteiger partial charge in [-0.2, -0.15) is 9.50 Å². The van der Waals surface area contributed by atoms with Gasteiger partial charge in [0.1, 0.15) is 18.2 Å². The Labute approximate surface area is 192 Å². The monoisotopic (exact) mass is 448 g/mol. The maximum Gasteiger partial charge on any atom is 0.249 e. The number of nitrogens with zero attached hydrogens (tertiary/aromatic N) is 4. The zero-order valence-corrected chi connectivity index (χ0v) is 18.4. The van der Waals surface area contributed by atoms with Gasteiger partial charge in [-0.1, -0.05) is 24.3 Å². The van der Waals surface area contributed by atoms with E-state index < -0.39 is 0 Å². The summed E-state index contributed by atoms with van der Waals surface area (Å²) in [6.45, 7) is 2.44. The molecular weight excluding hydrogens is 420 g/mol. The zero-order chi connectivity index (χ0) is 22.6. The van der Waals surface area contributed by atoms with Crippen molar-refractivity contribution in [2.24, 2.45) is 11.8 Å². The molecule has 2 fully saturated rings. The van der Waals surface area contributed by atoms with E-state index >= 15 is 0 Å². The van der Waals surface area contributed by atoms with Gasteiger partial charge in [-0.3, -0.25) is 14.9 Å². The van der Waals surface area contributed by atoms with Gasteiger partial charge in [0.15, 0.2) is 5.65 Å². The lowest BCUT2D eigenvalue weighted by Crippen LogP contribution is -2.42. The van der Waals surface area contributed by atoms with E-state index in [0.29, 0.717) is 24.7 Å². The second-order valence-electron chi connectivity index (χ2n) is 8.57. The van der Waals surface area contributed by atoms with Gasteiger partial charge in [0.25, 0.3) is 0 Å². The molecule has 0 unspecified atom stereocenters. The second-order valence-corrected chi connectivity index (χ2v) is 8.57. The number of aromatic nitrogens is 3. The molecule has 9 heteroatoms. The van der Waals surface area contributed by atoms with E-state index in [-0.39, 0.29) is 23.7 Å². The third-order valence-corrected chi connectivity index (χ3v) is 6.13. The van der Waals surface area contributed by atoms with Crippen LogP contribution in [0.15, 0.2) is 48.5 Å². The largest absolute Gasteiger partial charge is 0.492 e. The Kier molecular flexibility index (Phi) is 6.10. The van der Waals surface area contributed by atoms with Crippen molar-refractivity contribution in [1.29, 1.82) is 0 Å². The Morgan fingerprint density at radius 1 is 0.939 bits per heavy atom. The van der Waals surface area contributed by atoms with Gasteiger partial charge in [-0.25, -0.2) is 0 Å². The topological polar surface area (TPSA) is 101 Å². The number of pyridine rings is 1. The van der Waals surface area contributed by atoms with Crippen LogP contribution in [-0.2, 0) is 9.59 Å². The van der Waals surface area contributed by atoms with Crippen LogP contribution in [0.4, 0.5) is 11.8 Å². The molecular formula is C24H28N6O3. The number of ether oxygens (including phenoxy) is 1. The molecule has 0 bridgehead atoms. The second kappa shape index (κ2) is 9.48. The molecule has 9 nitrogen and oxygen atoms in total. The zero-order valence-electron chi connectivity index (χ0n) is 18.4. The summed E-state index contributed by atoms with van der Waals surface area (Å²) in [6, 6.07) is 15.4. The number of anilines is 2. The van der Waals surface area contributed by atoms with E-state index in [1.807, 2.05) is 48.5 Å². The lowest BCUT2D eigenvalue weighted by molar-refractivity contribution is -0.125. The highest BCUT2D eigenvalue weighted by Gasteiger charge is 2.30. The van der Waals surface area contributed by atoms with Crippen LogP contribution in [0.3, 0.4) is 0 Å². The number of hydrogen-bond donors (Lipinski definition) is 2. The molecule has 3 aromatic rings. The van der Waals surface area contributed by atoms with Crippen molar-refractivity contribution in [3.63, 3.8) is 0 Å². The third-order valence-electron chi connectivity index (χ3n) is 6.13. The summed E-state index contributed by atoms with van der Waals surface area (Å²) in [7, 11) is 0. The molecule has 1 aromatic carbocycles. The molecule has 0 radical (unpaired) electrons. The molecule has 1 aliphatic heterocycles. The van der Waals surface area contributed by atoms with Crippen molar-refractivity contribution in [2.75, 3.05) is 36.5 Å². The van der Waals surface area contributed by atoms with E-state index in [2.05, 4.69) is 25.6 Å². The number of rotatable bonds is 8. The molecule has 1 saturated heterocycles. The molecule has 0 spiro atoms. The number of piperidine rings is 1. The number of carbonyl (C=O) groups is 2. The minimum absolute atomic E-state index is 0.00606. The van der Waals surface area contributed by atoms with Crippen molar-refractivity contribution in [1.82, 2.24) is 19.9 Å². The smallest absolute Gasteiger partial charge is 0.249 e. The van der Waals surface area contributed by atoms with Crippen LogP contribution in [0.25, 0.3) is 5.65 Å². The van der Waals surface area contributed by atoms with Gasteiger partial charge >= 0.3 is 0 Å². The van der Waals surface area contributed by atoms with E-state index in [9.17, 15) is 9.59 Å². The summed E-state index contributed by atoms with van der Waals surface area (Å²) in [5, 5.41) is 10.3. The molecule has 3 heterocycles. The fourth-order valence-corrected chi connectivity index (χ4v) is 4.12. The standard InChI is InChI=1S/C24H28N6O3/c31-22(25-13-16-33-19-5-2-1-3-6-19)18-11-14-29(15-12-18)21-8-4-7-20-26-24(28-30(20)21)27-23(32)17-9-10-17/h1-8,17-18H,9-16H2,(H,25,31)(H,27,28,32). The summed E-state index contributed by atoms with van der Waals surface area (Å²) in [5.74, 6) is 2.22. The Balaban J connectivity index is 1.13. The van der Waals surface area contributed by atoms with E-state index in [1.165, 1.54) is 0 Å². The number of hydrogen-bond acceptors (Lipinski definition) is 6. The molecule has 172 valence electrons. The Bertz CT molecular complexity index is 1120. The highest BCUT2D eigenvalue weighted by atomic mass is 16.5. The van der Waals surface area contributed by atoms with E-state index in [4.69, 9.17) is 4.74 Å². The maximum absolute atomic E-state index is 12.6. The number of nitrogens with one attached hydrogen (secondary N) is 2. The molecule has 2 aliphatic rings. The van der Waals surface area contributed by atoms with E-state index in [0.717, 1.165) is 50.3 Å². The quantitative estimate of drug-likeness (QED) is 0.514. The van der Waals surface area contributed by atoms with Gasteiger partial charge < -0.3 is 15.0 Å². The van der Waals surface area contributed by atoms with Crippen LogP contribution in [0.2, 0.25) is 0 Å². The third kappa shape index (κ3) is 5.08. The van der Waals surface area contributed by atoms with Gasteiger partial charge in [0, 0.05) is 24.9 Å². The highest BCUT2D eigenvalue weighted by Crippen LogP contribution is 2.30. The molecule has 2 N–H and O–H groups in total. The first-order valence-corrected chi connectivity index (χ1v) is 11.5. The van der Waals surface area contributed by atoms with Gasteiger partial charge in [0.2, 0.25) is 17.8 Å². The average molecular weight is 449 g/mol. The van der Waals surface area contributed by atoms with Crippen molar-refractivity contribution >= 4 is 29.2 Å². The average Bonchev–Trinajstić information content (AvgIpc) is 3.62. The van der Waals surface area contributed by atoms with Gasteiger partial charge in [-0.15, -0.1) is 5.10 Å². The minimum Gasteiger partial charge on any atom is -0.492 e. The van der Waals surface area contributed by atoms with Crippen LogP contribution in [0, 0.1) is 11.8 Å². The van der Waals surface area contributed by atoms with Crippen LogP contribution < -0.4 is 20.3 Å². The number of amides is 2. The molecule has 0 atom stereocenters. The normalized spacial score (nSPS) is 16.5. The predicted molar refractivity (Wildman–Crippen MR) is 124 cm³/mol. The summed E-state index contributed by atoms with van der Waals surface area (Å²) in [6.07, 6.45) is 3.41. The van der Waals surface area contributed by atoms with Crippen LogP contribution in [-0.4, -0.2) is 52.7 Å². The molecule has 1 saturated carbocycles.